The van der Waals surface area contributed by atoms with Gasteiger partial charge in [-0.05, 0) is 61.7 Å². The van der Waals surface area contributed by atoms with Gasteiger partial charge in [-0.1, -0.05) is 43.0 Å². The summed E-state index contributed by atoms with van der Waals surface area (Å²) in [4.78, 5) is 24.6. The topological polar surface area (TPSA) is 99.2 Å². The third kappa shape index (κ3) is 6.62. The molecule has 0 radical (unpaired) electrons. The molecule has 0 aliphatic carbocycles. The van der Waals surface area contributed by atoms with E-state index >= 15 is 0 Å². The smallest absolute Gasteiger partial charge is 0.276 e. The molecule has 0 fully saturated rings. The zero-order valence-electron chi connectivity index (χ0n) is 21.0. The van der Waals surface area contributed by atoms with Crippen molar-refractivity contribution in [1.29, 1.82) is 0 Å². The number of rotatable bonds is 8. The Morgan fingerprint density at radius 2 is 1.89 bits per heavy atom. The first kappa shape index (κ1) is 27.4. The maximum Gasteiger partial charge on any atom is 0.276 e. The molecule has 0 aliphatic rings. The maximum absolute atomic E-state index is 13.2. The number of ether oxygens (including phenoxy) is 1. The van der Waals surface area contributed by atoms with E-state index in [2.05, 4.69) is 21.7 Å². The number of carbonyl (C=O) groups excluding carboxylic acids is 2. The second kappa shape index (κ2) is 13.2. The predicted octanol–water partition coefficient (Wildman–Crippen LogP) is 4.95. The Morgan fingerprint density at radius 1 is 1.20 bits per heavy atom. The molecule has 0 saturated heterocycles. The van der Waals surface area contributed by atoms with Crippen molar-refractivity contribution in [1.82, 2.24) is 15.1 Å². The fourth-order valence-electron chi connectivity index (χ4n) is 3.54. The molecule has 35 heavy (non-hydrogen) atoms. The normalized spacial score (nSPS) is 11.7. The minimum atomic E-state index is -0.392. The summed E-state index contributed by atoms with van der Waals surface area (Å²) in [5.74, 6) is -0.392. The number of aromatic nitrogens is 2. The molecule has 3 N–H and O–H groups in total. The van der Waals surface area contributed by atoms with Crippen molar-refractivity contribution in [2.75, 3.05) is 14.2 Å². The highest BCUT2D eigenvalue weighted by atomic mass is 16.4. The number of hydrogen-bond acceptors (Lipinski definition) is 5. The summed E-state index contributed by atoms with van der Waals surface area (Å²) in [7, 11) is 3.25. The summed E-state index contributed by atoms with van der Waals surface area (Å²) >= 11 is 0. The number of amides is 1. The first-order chi connectivity index (χ1) is 16.8. The summed E-state index contributed by atoms with van der Waals surface area (Å²) < 4.78 is 6.08. The van der Waals surface area contributed by atoms with Gasteiger partial charge in [0.2, 0.25) is 0 Å². The van der Waals surface area contributed by atoms with Gasteiger partial charge in [-0.3, -0.25) is 14.3 Å². The van der Waals surface area contributed by atoms with Crippen molar-refractivity contribution in [3.63, 3.8) is 0 Å². The van der Waals surface area contributed by atoms with Crippen LogP contribution in [0, 0.1) is 0 Å². The molecule has 1 heterocycles. The number of benzene rings is 2. The summed E-state index contributed by atoms with van der Waals surface area (Å²) in [6.45, 7) is 9.94. The maximum atomic E-state index is 13.2. The van der Waals surface area contributed by atoms with E-state index in [0.29, 0.717) is 29.8 Å². The molecule has 184 valence electrons. The minimum absolute atomic E-state index is 0.0646. The molecule has 0 bridgehead atoms. The number of nitrogens with zero attached hydrogens (tertiary/aromatic N) is 2. The van der Waals surface area contributed by atoms with Gasteiger partial charge in [-0.2, -0.15) is 5.10 Å². The van der Waals surface area contributed by atoms with Crippen molar-refractivity contribution in [2.24, 2.45) is 5.73 Å². The predicted molar refractivity (Wildman–Crippen MR) is 142 cm³/mol. The SMILES string of the molecule is C=C/C(C=O)=C(\C=C/C)NC(=O)c1nn(C(C)C)c2ccc(-c3cccc(CN)c3)cc12.COC. The minimum Gasteiger partial charge on any atom is -0.388 e. The monoisotopic (exact) mass is 474 g/mol. The molecule has 1 amide bonds. The second-order valence-electron chi connectivity index (χ2n) is 8.08. The van der Waals surface area contributed by atoms with Gasteiger partial charge in [0.15, 0.2) is 12.0 Å². The van der Waals surface area contributed by atoms with Gasteiger partial charge in [0, 0.05) is 37.8 Å². The summed E-state index contributed by atoms with van der Waals surface area (Å²) in [6.07, 6.45) is 5.48. The molecule has 0 spiro atoms. The molecule has 0 aliphatic heterocycles. The van der Waals surface area contributed by atoms with E-state index in [4.69, 9.17) is 5.73 Å². The van der Waals surface area contributed by atoms with Crippen LogP contribution in [0.3, 0.4) is 0 Å². The Hall–Kier alpha value is -3.81. The third-order valence-electron chi connectivity index (χ3n) is 5.15. The Morgan fingerprint density at radius 3 is 2.46 bits per heavy atom. The third-order valence-corrected chi connectivity index (χ3v) is 5.15. The van der Waals surface area contributed by atoms with E-state index in [0.717, 1.165) is 27.6 Å². The zero-order chi connectivity index (χ0) is 26.0. The summed E-state index contributed by atoms with van der Waals surface area (Å²) in [5.41, 5.74) is 10.6. The fourth-order valence-corrected chi connectivity index (χ4v) is 3.54. The largest absolute Gasteiger partial charge is 0.388 e. The molecule has 0 unspecified atom stereocenters. The number of fused-ring (bicyclic) bond motifs is 1. The number of nitrogens with one attached hydrogen (secondary N) is 1. The van der Waals surface area contributed by atoms with Crippen LogP contribution in [0.25, 0.3) is 22.0 Å². The van der Waals surface area contributed by atoms with Crippen LogP contribution in [0.4, 0.5) is 0 Å². The molecule has 7 heteroatoms. The second-order valence-corrected chi connectivity index (χ2v) is 8.08. The van der Waals surface area contributed by atoms with Crippen LogP contribution in [0.15, 0.2) is 78.5 Å². The number of nitrogens with two attached hydrogens (primary N) is 1. The van der Waals surface area contributed by atoms with E-state index in [1.54, 1.807) is 26.4 Å². The lowest BCUT2D eigenvalue weighted by Crippen LogP contribution is -2.24. The van der Waals surface area contributed by atoms with Crippen LogP contribution < -0.4 is 11.1 Å². The Kier molecular flexibility index (Phi) is 10.3. The molecule has 1 aromatic heterocycles. The quantitative estimate of drug-likeness (QED) is 0.273. The number of methoxy groups -OCH3 is 1. The van der Waals surface area contributed by atoms with E-state index in [-0.39, 0.29) is 6.04 Å². The van der Waals surface area contributed by atoms with Crippen LogP contribution in [0.5, 0.6) is 0 Å². The fraction of sp³-hybridized carbons (Fsp3) is 0.250. The van der Waals surface area contributed by atoms with Crippen molar-refractivity contribution < 1.29 is 14.3 Å². The van der Waals surface area contributed by atoms with Crippen molar-refractivity contribution in [3.8, 4) is 11.1 Å². The number of allylic oxidation sites excluding steroid dienone is 4. The van der Waals surface area contributed by atoms with Gasteiger partial charge in [0.1, 0.15) is 0 Å². The van der Waals surface area contributed by atoms with Crippen molar-refractivity contribution in [3.05, 3.63) is 89.8 Å². The highest BCUT2D eigenvalue weighted by molar-refractivity contribution is 6.07. The molecule has 3 aromatic rings. The van der Waals surface area contributed by atoms with Gasteiger partial charge in [0.25, 0.3) is 5.91 Å². The van der Waals surface area contributed by atoms with Gasteiger partial charge >= 0.3 is 0 Å². The highest BCUT2D eigenvalue weighted by Crippen LogP contribution is 2.29. The number of aldehydes is 1. The van der Waals surface area contributed by atoms with Crippen LogP contribution in [-0.2, 0) is 16.1 Å². The van der Waals surface area contributed by atoms with E-state index in [1.165, 1.54) is 6.08 Å². The van der Waals surface area contributed by atoms with Crippen LogP contribution in [0.1, 0.15) is 42.9 Å². The van der Waals surface area contributed by atoms with Gasteiger partial charge < -0.3 is 15.8 Å². The van der Waals surface area contributed by atoms with Crippen LogP contribution in [0.2, 0.25) is 0 Å². The standard InChI is InChI=1S/C26H28N4O2.C2H6O/c1-5-8-23(19(6-2)16-31)28-26(32)25-22-14-21(20-10-7-9-18(13-20)15-27)11-12-24(22)30(29-25)17(3)4;1-3-2/h5-14,16-17H,2,15,27H2,1,3-4H3,(H,28,32);1-2H3/b8-5-,23-19-;. The summed E-state index contributed by atoms with van der Waals surface area (Å²) in [6, 6.07) is 14.0. The van der Waals surface area contributed by atoms with E-state index < -0.39 is 5.91 Å². The van der Waals surface area contributed by atoms with E-state index in [9.17, 15) is 9.59 Å². The summed E-state index contributed by atoms with van der Waals surface area (Å²) in [5, 5.41) is 8.16. The van der Waals surface area contributed by atoms with Crippen LogP contribution in [-0.4, -0.2) is 36.2 Å². The average Bonchev–Trinajstić information content (AvgIpc) is 3.25. The van der Waals surface area contributed by atoms with Gasteiger partial charge in [0.05, 0.1) is 11.2 Å². The molecular formula is C28H34N4O3. The van der Waals surface area contributed by atoms with Crippen LogP contribution >= 0.6 is 0 Å². The Bertz CT molecular complexity index is 1240. The number of hydrogen-bond donors (Lipinski definition) is 2. The van der Waals surface area contributed by atoms with E-state index in [1.807, 2.05) is 67.9 Å². The molecular weight excluding hydrogens is 440 g/mol. The van der Waals surface area contributed by atoms with Gasteiger partial charge in [-0.25, -0.2) is 0 Å². The average molecular weight is 475 g/mol. The van der Waals surface area contributed by atoms with Gasteiger partial charge in [-0.15, -0.1) is 0 Å². The van der Waals surface area contributed by atoms with Crippen molar-refractivity contribution in [2.45, 2.75) is 33.4 Å². The zero-order valence-corrected chi connectivity index (χ0v) is 21.0. The number of carbonyl (C=O) groups is 2. The molecule has 0 saturated carbocycles. The molecule has 7 nitrogen and oxygen atoms in total. The lowest BCUT2D eigenvalue weighted by molar-refractivity contribution is -0.104. The Balaban J connectivity index is 0.00000137. The lowest BCUT2D eigenvalue weighted by atomic mass is 10.0. The Labute approximate surface area is 207 Å². The van der Waals surface area contributed by atoms with Crippen molar-refractivity contribution >= 4 is 23.1 Å². The lowest BCUT2D eigenvalue weighted by Gasteiger charge is -2.08. The first-order valence-corrected chi connectivity index (χ1v) is 11.3. The molecule has 3 rings (SSSR count). The molecule has 0 atom stereocenters. The first-order valence-electron chi connectivity index (χ1n) is 11.3. The molecule has 2 aromatic carbocycles. The highest BCUT2D eigenvalue weighted by Gasteiger charge is 2.20.